The molecule has 1 aliphatic heterocycles. The molecule has 1 heterocycles. The average Bonchev–Trinajstić information content (AvgIpc) is 3.04. The van der Waals surface area contributed by atoms with E-state index in [2.05, 4.69) is 9.82 Å². The van der Waals surface area contributed by atoms with Crippen molar-refractivity contribution in [2.24, 2.45) is 5.10 Å². The van der Waals surface area contributed by atoms with E-state index in [1.165, 1.54) is 7.11 Å². The molecule has 0 fully saturated rings. The van der Waals surface area contributed by atoms with Gasteiger partial charge in [-0.1, -0.05) is 19.8 Å². The Labute approximate surface area is 164 Å². The van der Waals surface area contributed by atoms with Crippen molar-refractivity contribution in [2.45, 2.75) is 32.6 Å². The van der Waals surface area contributed by atoms with Gasteiger partial charge in [0.15, 0.2) is 5.71 Å². The number of sulfonamides is 1. The van der Waals surface area contributed by atoms with Crippen LogP contribution in [0, 0.1) is 0 Å². The molecule has 0 spiro atoms. The van der Waals surface area contributed by atoms with Crippen LogP contribution in [0.1, 0.15) is 32.6 Å². The molecule has 2 rings (SSSR count). The van der Waals surface area contributed by atoms with Gasteiger partial charge in [0.1, 0.15) is 6.61 Å². The Morgan fingerprint density at radius 1 is 1.21 bits per heavy atom. The number of anilines is 2. The van der Waals surface area contributed by atoms with E-state index in [9.17, 15) is 18.0 Å². The molecule has 0 atom stereocenters. The molecule has 1 aliphatic rings. The molecule has 1 N–H and O–H groups in total. The molecule has 0 radical (unpaired) electrons. The smallest absolute Gasteiger partial charge is 0.355 e. The first-order chi connectivity index (χ1) is 13.4. The molecule has 28 heavy (non-hydrogen) atoms. The highest BCUT2D eigenvalue weighted by Gasteiger charge is 2.30. The van der Waals surface area contributed by atoms with Crippen LogP contribution in [0.2, 0.25) is 0 Å². The first-order valence-electron chi connectivity index (χ1n) is 9.03. The number of nitrogens with one attached hydrogen (secondary N) is 1. The minimum absolute atomic E-state index is 0.0156. The normalized spacial score (nSPS) is 14.1. The van der Waals surface area contributed by atoms with Gasteiger partial charge in [-0.3, -0.25) is 9.52 Å². The molecule has 1 aromatic carbocycles. The number of methoxy groups -OCH3 is 1. The maximum atomic E-state index is 12.1. The van der Waals surface area contributed by atoms with E-state index >= 15 is 0 Å². The van der Waals surface area contributed by atoms with Crippen LogP contribution in [0.4, 0.5) is 11.4 Å². The zero-order valence-corrected chi connectivity index (χ0v) is 16.8. The van der Waals surface area contributed by atoms with Gasteiger partial charge in [0, 0.05) is 12.8 Å². The summed E-state index contributed by atoms with van der Waals surface area (Å²) >= 11 is 0. The molecule has 0 bridgehead atoms. The second-order valence-electron chi connectivity index (χ2n) is 6.23. The quantitative estimate of drug-likeness (QED) is 0.439. The molecule has 154 valence electrons. The molecule has 0 aliphatic carbocycles. The van der Waals surface area contributed by atoms with E-state index < -0.39 is 16.0 Å². The fourth-order valence-electron chi connectivity index (χ4n) is 2.49. The number of benzene rings is 1. The number of unbranched alkanes of at least 4 members (excludes halogenated alkanes) is 2. The first-order valence-corrected chi connectivity index (χ1v) is 10.7. The molecule has 0 saturated heterocycles. The van der Waals surface area contributed by atoms with Crippen LogP contribution in [0.15, 0.2) is 29.4 Å². The topological polar surface area (TPSA) is 114 Å². The number of hydrogen-bond acceptors (Lipinski definition) is 7. The van der Waals surface area contributed by atoms with Gasteiger partial charge in [-0.05, 0) is 30.7 Å². The summed E-state index contributed by atoms with van der Waals surface area (Å²) in [5.41, 5.74) is 0.843. The Hall–Kier alpha value is -2.46. The van der Waals surface area contributed by atoms with Crippen molar-refractivity contribution in [1.29, 1.82) is 0 Å². The predicted molar refractivity (Wildman–Crippen MR) is 106 cm³/mol. The highest BCUT2D eigenvalue weighted by Crippen LogP contribution is 2.23. The summed E-state index contributed by atoms with van der Waals surface area (Å²) in [4.78, 5) is 24.0. The van der Waals surface area contributed by atoms with E-state index in [-0.39, 0.29) is 37.0 Å². The molecule has 9 nitrogen and oxygen atoms in total. The van der Waals surface area contributed by atoms with E-state index in [1.54, 1.807) is 24.3 Å². The zero-order chi connectivity index (χ0) is 20.6. The van der Waals surface area contributed by atoms with Crippen molar-refractivity contribution < 1.29 is 27.5 Å². The predicted octanol–water partition coefficient (Wildman–Crippen LogP) is 1.90. The van der Waals surface area contributed by atoms with Crippen molar-refractivity contribution >= 4 is 39.0 Å². The summed E-state index contributed by atoms with van der Waals surface area (Å²) in [6.07, 6.45) is 2.24. The van der Waals surface area contributed by atoms with Crippen molar-refractivity contribution in [3.63, 3.8) is 0 Å². The van der Waals surface area contributed by atoms with Gasteiger partial charge in [0.05, 0.1) is 24.5 Å². The lowest BCUT2D eigenvalue weighted by molar-refractivity contribution is -0.137. The minimum atomic E-state index is -3.41. The fourth-order valence-corrected chi connectivity index (χ4v) is 3.67. The minimum Gasteiger partial charge on any atom is -0.459 e. The number of hydrogen-bond donors (Lipinski definition) is 1. The summed E-state index contributed by atoms with van der Waals surface area (Å²) in [6.45, 7) is 2.34. The van der Waals surface area contributed by atoms with Crippen LogP contribution >= 0.6 is 0 Å². The van der Waals surface area contributed by atoms with Crippen LogP contribution in [0.3, 0.4) is 0 Å². The Kier molecular flexibility index (Phi) is 7.94. The van der Waals surface area contributed by atoms with E-state index in [1.807, 2.05) is 6.92 Å². The molecule has 0 unspecified atom stereocenters. The van der Waals surface area contributed by atoms with Crippen LogP contribution < -0.4 is 9.73 Å². The van der Waals surface area contributed by atoms with Crippen LogP contribution in [0.5, 0.6) is 0 Å². The van der Waals surface area contributed by atoms with Gasteiger partial charge in [0.2, 0.25) is 10.0 Å². The monoisotopic (exact) mass is 411 g/mol. The second-order valence-corrected chi connectivity index (χ2v) is 8.07. The van der Waals surface area contributed by atoms with E-state index in [0.717, 1.165) is 17.9 Å². The molecule has 1 amide bonds. The average molecular weight is 411 g/mol. The van der Waals surface area contributed by atoms with Gasteiger partial charge in [-0.25, -0.2) is 13.2 Å². The molecule has 0 aromatic heterocycles. The Morgan fingerprint density at radius 3 is 2.57 bits per heavy atom. The number of carbonyl (C=O) groups excluding carboxylic acids is 2. The van der Waals surface area contributed by atoms with Crippen LogP contribution in [0.25, 0.3) is 0 Å². The van der Waals surface area contributed by atoms with E-state index in [0.29, 0.717) is 17.8 Å². The Bertz CT molecular complexity index is 820. The molecule has 1 aromatic rings. The lowest BCUT2D eigenvalue weighted by atomic mass is 10.2. The summed E-state index contributed by atoms with van der Waals surface area (Å²) in [5, 5.41) is 5.12. The lowest BCUT2D eigenvalue weighted by Gasteiger charge is -2.13. The third kappa shape index (κ3) is 6.31. The van der Waals surface area contributed by atoms with Crippen LogP contribution in [-0.2, 0) is 29.1 Å². The maximum Gasteiger partial charge on any atom is 0.355 e. The Morgan fingerprint density at radius 2 is 1.93 bits per heavy atom. The highest BCUT2D eigenvalue weighted by molar-refractivity contribution is 7.92. The van der Waals surface area contributed by atoms with Gasteiger partial charge >= 0.3 is 5.97 Å². The third-order valence-electron chi connectivity index (χ3n) is 3.93. The largest absolute Gasteiger partial charge is 0.459 e. The third-order valence-corrected chi connectivity index (χ3v) is 5.31. The van der Waals surface area contributed by atoms with Crippen molar-refractivity contribution in [3.8, 4) is 0 Å². The summed E-state index contributed by atoms with van der Waals surface area (Å²) in [6, 6.07) is 6.21. The molecule has 10 heteroatoms. The number of rotatable bonds is 11. The lowest BCUT2D eigenvalue weighted by Crippen LogP contribution is -2.20. The first kappa shape index (κ1) is 21.8. The number of ether oxygens (including phenoxy) is 2. The van der Waals surface area contributed by atoms with Gasteiger partial charge in [0.25, 0.3) is 5.91 Å². The van der Waals surface area contributed by atoms with Gasteiger partial charge in [-0.2, -0.15) is 10.1 Å². The number of hydrazone groups is 1. The highest BCUT2D eigenvalue weighted by atomic mass is 32.2. The van der Waals surface area contributed by atoms with E-state index in [4.69, 9.17) is 9.47 Å². The second kappa shape index (κ2) is 10.2. The standard InChI is InChI=1S/C18H25N3O6S/c1-3-4-5-12-28(24,25)20-14-6-8-15(9-7-14)21-17(22)13-16(19-21)18(23)27-11-10-26-2/h6-9,20H,3-5,10-13H2,1-2H3. The summed E-state index contributed by atoms with van der Waals surface area (Å²) in [5.74, 6) is -0.970. The Balaban J connectivity index is 2.00. The number of nitrogens with zero attached hydrogens (tertiary/aromatic N) is 2. The SMILES string of the molecule is CCCCCS(=O)(=O)Nc1ccc(N2N=C(C(=O)OCCOC)CC2=O)cc1. The summed E-state index contributed by atoms with van der Waals surface area (Å²) < 4.78 is 36.3. The van der Waals surface area contributed by atoms with Crippen LogP contribution in [-0.4, -0.2) is 52.1 Å². The summed E-state index contributed by atoms with van der Waals surface area (Å²) in [7, 11) is -1.92. The fraction of sp³-hybridized carbons (Fsp3) is 0.500. The van der Waals surface area contributed by atoms with Gasteiger partial charge < -0.3 is 9.47 Å². The molecular formula is C18H25N3O6S. The maximum absolute atomic E-state index is 12.1. The zero-order valence-electron chi connectivity index (χ0n) is 16.0. The van der Waals surface area contributed by atoms with Crippen molar-refractivity contribution in [3.05, 3.63) is 24.3 Å². The molecule has 0 saturated carbocycles. The number of amides is 1. The number of esters is 1. The van der Waals surface area contributed by atoms with Gasteiger partial charge in [-0.15, -0.1) is 0 Å². The van der Waals surface area contributed by atoms with Crippen molar-refractivity contribution in [1.82, 2.24) is 0 Å². The number of carbonyl (C=O) groups is 2. The molecular weight excluding hydrogens is 386 g/mol. The van der Waals surface area contributed by atoms with Crippen molar-refractivity contribution in [2.75, 3.05) is 35.8 Å².